The normalized spacial score (nSPS) is 16.1. The summed E-state index contributed by atoms with van der Waals surface area (Å²) in [6, 6.07) is 0. The van der Waals surface area contributed by atoms with Crippen molar-refractivity contribution in [2.24, 2.45) is 11.1 Å². The van der Waals surface area contributed by atoms with Crippen LogP contribution in [-0.2, 0) is 0 Å². The van der Waals surface area contributed by atoms with Gasteiger partial charge in [-0.05, 0) is 19.3 Å². The van der Waals surface area contributed by atoms with Crippen molar-refractivity contribution in [3.63, 3.8) is 0 Å². The quantitative estimate of drug-likeness (QED) is 0.332. The van der Waals surface area contributed by atoms with E-state index in [1.54, 1.807) is 0 Å². The molecule has 8 heavy (non-hydrogen) atoms. The molecule has 1 N–H and O–H groups in total. The zero-order valence-electron chi connectivity index (χ0n) is 5.68. The van der Waals surface area contributed by atoms with E-state index >= 15 is 0 Å². The summed E-state index contributed by atoms with van der Waals surface area (Å²) in [5, 5.41) is 11.3. The minimum Gasteiger partial charge on any atom is -0.411 e. The fourth-order valence-electron chi connectivity index (χ4n) is 0.394. The molecule has 48 valence electrons. The van der Waals surface area contributed by atoms with Crippen molar-refractivity contribution >= 4 is 5.71 Å². The van der Waals surface area contributed by atoms with Crippen LogP contribution in [0, 0.1) is 5.92 Å². The van der Waals surface area contributed by atoms with Crippen LogP contribution in [0.3, 0.4) is 0 Å². The third-order valence-electron chi connectivity index (χ3n) is 1.48. The lowest BCUT2D eigenvalue weighted by Gasteiger charge is -2.02. The highest BCUT2D eigenvalue weighted by molar-refractivity contribution is 5.83. The van der Waals surface area contributed by atoms with Crippen molar-refractivity contribution in [3.8, 4) is 0 Å². The molecule has 0 fully saturated rings. The van der Waals surface area contributed by atoms with E-state index in [1.807, 2.05) is 13.8 Å². The number of nitrogens with zero attached hydrogens (tertiary/aromatic N) is 1. The highest BCUT2D eigenvalue weighted by Crippen LogP contribution is 2.01. The van der Waals surface area contributed by atoms with Gasteiger partial charge in [-0.25, -0.2) is 0 Å². The van der Waals surface area contributed by atoms with E-state index in [1.165, 1.54) is 0 Å². The van der Waals surface area contributed by atoms with Gasteiger partial charge in [0.05, 0.1) is 5.71 Å². The van der Waals surface area contributed by atoms with Crippen LogP contribution in [0.2, 0.25) is 0 Å². The molecule has 0 saturated heterocycles. The Kier molecular flexibility index (Phi) is 3.24. The maximum atomic E-state index is 8.22. The predicted octanol–water partition coefficient (Wildman–Crippen LogP) is 1.88. The fourth-order valence-corrected chi connectivity index (χ4v) is 0.394. The molecule has 0 aromatic rings. The molecule has 0 amide bonds. The van der Waals surface area contributed by atoms with Crippen LogP contribution in [0.4, 0.5) is 0 Å². The van der Waals surface area contributed by atoms with Gasteiger partial charge in [-0.2, -0.15) is 0 Å². The zero-order chi connectivity index (χ0) is 6.57. The second kappa shape index (κ2) is 3.47. The van der Waals surface area contributed by atoms with E-state index in [-0.39, 0.29) is 0 Å². The Morgan fingerprint density at radius 2 is 2.25 bits per heavy atom. The third kappa shape index (κ3) is 1.96. The summed E-state index contributed by atoms with van der Waals surface area (Å²) in [6.45, 7) is 5.93. The van der Waals surface area contributed by atoms with E-state index in [4.69, 9.17) is 5.21 Å². The number of hydrogen-bond acceptors (Lipinski definition) is 2. The van der Waals surface area contributed by atoms with Gasteiger partial charge in [0.15, 0.2) is 0 Å². The molecule has 0 heterocycles. The van der Waals surface area contributed by atoms with Crippen LogP contribution in [-0.4, -0.2) is 10.9 Å². The minimum atomic E-state index is 0.417. The second-order valence-corrected chi connectivity index (χ2v) is 2.05. The van der Waals surface area contributed by atoms with Gasteiger partial charge in [-0.1, -0.05) is 19.0 Å². The van der Waals surface area contributed by atoms with Gasteiger partial charge in [-0.3, -0.25) is 0 Å². The van der Waals surface area contributed by atoms with E-state index < -0.39 is 0 Å². The van der Waals surface area contributed by atoms with Gasteiger partial charge in [0.1, 0.15) is 0 Å². The van der Waals surface area contributed by atoms with Gasteiger partial charge in [0.25, 0.3) is 0 Å². The van der Waals surface area contributed by atoms with Crippen LogP contribution in [0.25, 0.3) is 0 Å². The maximum absolute atomic E-state index is 8.22. The molecule has 0 spiro atoms. The Balaban J connectivity index is 3.63. The smallest absolute Gasteiger partial charge is 0.0567 e. The van der Waals surface area contributed by atoms with Crippen LogP contribution in [0.1, 0.15) is 27.2 Å². The summed E-state index contributed by atoms with van der Waals surface area (Å²) in [5.41, 5.74) is 0.813. The average Bonchev–Trinajstić information content (AvgIpc) is 1.84. The van der Waals surface area contributed by atoms with Crippen molar-refractivity contribution < 1.29 is 5.21 Å². The van der Waals surface area contributed by atoms with Gasteiger partial charge in [-0.15, -0.1) is 0 Å². The number of hydrogen-bond donors (Lipinski definition) is 1. The first-order valence-corrected chi connectivity index (χ1v) is 2.90. The van der Waals surface area contributed by atoms with Crippen molar-refractivity contribution in [3.05, 3.63) is 0 Å². The molecule has 1 atom stereocenters. The van der Waals surface area contributed by atoms with Gasteiger partial charge < -0.3 is 5.21 Å². The molecule has 0 aliphatic heterocycles. The summed E-state index contributed by atoms with van der Waals surface area (Å²) >= 11 is 0. The lowest BCUT2D eigenvalue weighted by atomic mass is 10.1. The van der Waals surface area contributed by atoms with Crippen molar-refractivity contribution in [1.29, 1.82) is 0 Å². The Labute approximate surface area is 50.2 Å². The zero-order valence-corrected chi connectivity index (χ0v) is 5.68. The average molecular weight is 115 g/mol. The molecular formula is C6H13NO. The molecule has 0 aromatic carbocycles. The van der Waals surface area contributed by atoms with E-state index in [0.717, 1.165) is 12.1 Å². The van der Waals surface area contributed by atoms with Gasteiger partial charge in [0.2, 0.25) is 0 Å². The molecule has 1 unspecified atom stereocenters. The molecule has 0 rings (SSSR count). The Morgan fingerprint density at radius 3 is 2.38 bits per heavy atom. The standard InChI is InChI=1S/C6H13NO/c1-4-5(2)6(3)7-8/h5,8H,4H2,1-3H3/b7-6-. The molecule has 2 heteroatoms. The fraction of sp³-hybridized carbons (Fsp3) is 0.833. The molecule has 0 radical (unpaired) electrons. The lowest BCUT2D eigenvalue weighted by Crippen LogP contribution is -2.04. The summed E-state index contributed by atoms with van der Waals surface area (Å²) in [7, 11) is 0. The first kappa shape index (κ1) is 7.47. The summed E-state index contributed by atoms with van der Waals surface area (Å²) in [5.74, 6) is 0.417. The number of oxime groups is 1. The molecule has 0 bridgehead atoms. The van der Waals surface area contributed by atoms with E-state index in [2.05, 4.69) is 12.1 Å². The van der Waals surface area contributed by atoms with Crippen LogP contribution >= 0.6 is 0 Å². The first-order chi connectivity index (χ1) is 3.72. The SMILES string of the molecule is CCC(C)/C(C)=N\O. The lowest BCUT2D eigenvalue weighted by molar-refractivity contribution is 0.314. The molecule has 0 aliphatic carbocycles. The van der Waals surface area contributed by atoms with Crippen LogP contribution < -0.4 is 0 Å². The van der Waals surface area contributed by atoms with Crippen LogP contribution in [0.15, 0.2) is 5.16 Å². The highest BCUT2D eigenvalue weighted by atomic mass is 16.4. The molecule has 0 aromatic heterocycles. The van der Waals surface area contributed by atoms with Gasteiger partial charge in [0, 0.05) is 0 Å². The van der Waals surface area contributed by atoms with Crippen LogP contribution in [0.5, 0.6) is 0 Å². The summed E-state index contributed by atoms with van der Waals surface area (Å²) in [6.07, 6.45) is 1.04. The third-order valence-corrected chi connectivity index (χ3v) is 1.48. The van der Waals surface area contributed by atoms with Crippen molar-refractivity contribution in [1.82, 2.24) is 0 Å². The molecule has 0 saturated carbocycles. The largest absolute Gasteiger partial charge is 0.411 e. The Bertz CT molecular complexity index is 88.5. The summed E-state index contributed by atoms with van der Waals surface area (Å²) in [4.78, 5) is 0. The molecular weight excluding hydrogens is 102 g/mol. The first-order valence-electron chi connectivity index (χ1n) is 2.90. The monoisotopic (exact) mass is 115 g/mol. The number of rotatable bonds is 2. The van der Waals surface area contributed by atoms with Crippen molar-refractivity contribution in [2.45, 2.75) is 27.2 Å². The topological polar surface area (TPSA) is 32.6 Å². The Hall–Kier alpha value is -0.530. The summed E-state index contributed by atoms with van der Waals surface area (Å²) < 4.78 is 0. The second-order valence-electron chi connectivity index (χ2n) is 2.05. The van der Waals surface area contributed by atoms with E-state index in [9.17, 15) is 0 Å². The predicted molar refractivity (Wildman–Crippen MR) is 34.4 cm³/mol. The molecule has 2 nitrogen and oxygen atoms in total. The van der Waals surface area contributed by atoms with Gasteiger partial charge >= 0.3 is 0 Å². The molecule has 0 aliphatic rings. The van der Waals surface area contributed by atoms with Crippen molar-refractivity contribution in [2.75, 3.05) is 0 Å². The maximum Gasteiger partial charge on any atom is 0.0567 e. The highest BCUT2D eigenvalue weighted by Gasteiger charge is 2.00. The minimum absolute atomic E-state index is 0.417. The van der Waals surface area contributed by atoms with E-state index in [0.29, 0.717) is 5.92 Å². The Morgan fingerprint density at radius 1 is 1.75 bits per heavy atom.